The summed E-state index contributed by atoms with van der Waals surface area (Å²) in [5.74, 6) is -0.541. The van der Waals surface area contributed by atoms with Crippen molar-refractivity contribution in [3.8, 4) is 0 Å². The van der Waals surface area contributed by atoms with Crippen molar-refractivity contribution in [1.29, 1.82) is 0 Å². The number of aromatic nitrogens is 2. The van der Waals surface area contributed by atoms with Crippen molar-refractivity contribution in [2.45, 2.75) is 32.6 Å². The van der Waals surface area contributed by atoms with Crippen molar-refractivity contribution >= 4 is 5.91 Å². The van der Waals surface area contributed by atoms with Gasteiger partial charge >= 0.3 is 6.18 Å². The van der Waals surface area contributed by atoms with Gasteiger partial charge in [-0.25, -0.2) is 4.98 Å². The standard InChI is InChI=1S/C16H18F3N3O/c1-11(9-22-7-6-20-10-22)15(23)21-12(2)13-4-3-5-14(8-13)16(17,18)19/h3-8,10-12H,9H2,1-2H3,(H,21,23). The monoisotopic (exact) mass is 325 g/mol. The molecule has 1 aromatic heterocycles. The van der Waals surface area contributed by atoms with Gasteiger partial charge in [-0.1, -0.05) is 19.1 Å². The van der Waals surface area contributed by atoms with Crippen molar-refractivity contribution in [1.82, 2.24) is 14.9 Å². The van der Waals surface area contributed by atoms with Crippen LogP contribution >= 0.6 is 0 Å². The molecule has 2 unspecified atom stereocenters. The van der Waals surface area contributed by atoms with Crippen LogP contribution in [0, 0.1) is 5.92 Å². The Hall–Kier alpha value is -2.31. The van der Waals surface area contributed by atoms with E-state index >= 15 is 0 Å². The summed E-state index contributed by atoms with van der Waals surface area (Å²) >= 11 is 0. The molecule has 0 bridgehead atoms. The first-order valence-corrected chi connectivity index (χ1v) is 7.20. The van der Waals surface area contributed by atoms with Crippen LogP contribution in [0.3, 0.4) is 0 Å². The number of rotatable bonds is 5. The van der Waals surface area contributed by atoms with Crippen molar-refractivity contribution < 1.29 is 18.0 Å². The molecule has 0 radical (unpaired) electrons. The van der Waals surface area contributed by atoms with Gasteiger partial charge in [0.15, 0.2) is 0 Å². The van der Waals surface area contributed by atoms with Gasteiger partial charge in [-0.2, -0.15) is 13.2 Å². The Morgan fingerprint density at radius 3 is 2.70 bits per heavy atom. The predicted octanol–water partition coefficient (Wildman–Crippen LogP) is 3.42. The molecular formula is C16H18F3N3O. The fourth-order valence-electron chi connectivity index (χ4n) is 2.22. The average Bonchev–Trinajstić information content (AvgIpc) is 2.99. The van der Waals surface area contributed by atoms with Crippen LogP contribution in [0.1, 0.15) is 31.0 Å². The van der Waals surface area contributed by atoms with E-state index in [0.717, 1.165) is 12.1 Å². The van der Waals surface area contributed by atoms with E-state index in [2.05, 4.69) is 10.3 Å². The molecule has 0 aliphatic carbocycles. The predicted molar refractivity (Wildman–Crippen MR) is 79.4 cm³/mol. The fourth-order valence-corrected chi connectivity index (χ4v) is 2.22. The molecule has 124 valence electrons. The Balaban J connectivity index is 2.00. The Bertz CT molecular complexity index is 653. The van der Waals surface area contributed by atoms with Crippen LogP contribution in [-0.2, 0) is 17.5 Å². The van der Waals surface area contributed by atoms with Gasteiger partial charge in [-0.3, -0.25) is 4.79 Å². The summed E-state index contributed by atoms with van der Waals surface area (Å²) in [4.78, 5) is 16.1. The average molecular weight is 325 g/mol. The summed E-state index contributed by atoms with van der Waals surface area (Å²) in [5, 5.41) is 2.75. The lowest BCUT2D eigenvalue weighted by Crippen LogP contribution is -2.33. The summed E-state index contributed by atoms with van der Waals surface area (Å²) in [5.41, 5.74) is -0.300. The van der Waals surface area contributed by atoms with E-state index < -0.39 is 17.8 Å². The van der Waals surface area contributed by atoms with Crippen LogP contribution in [0.15, 0.2) is 43.0 Å². The summed E-state index contributed by atoms with van der Waals surface area (Å²) in [7, 11) is 0. The van der Waals surface area contributed by atoms with Gasteiger partial charge in [0.25, 0.3) is 0 Å². The summed E-state index contributed by atoms with van der Waals surface area (Å²) in [6.07, 6.45) is 0.588. The number of amides is 1. The Morgan fingerprint density at radius 1 is 1.35 bits per heavy atom. The van der Waals surface area contributed by atoms with Crippen LogP contribution in [0.5, 0.6) is 0 Å². The minimum atomic E-state index is -4.39. The van der Waals surface area contributed by atoms with Gasteiger partial charge in [0.2, 0.25) is 5.91 Å². The van der Waals surface area contributed by atoms with E-state index in [1.54, 1.807) is 43.2 Å². The molecule has 2 atom stereocenters. The quantitative estimate of drug-likeness (QED) is 0.916. The lowest BCUT2D eigenvalue weighted by atomic mass is 10.0. The van der Waals surface area contributed by atoms with Crippen LogP contribution in [0.25, 0.3) is 0 Å². The largest absolute Gasteiger partial charge is 0.416 e. The lowest BCUT2D eigenvalue weighted by molar-refractivity contribution is -0.137. The highest BCUT2D eigenvalue weighted by Crippen LogP contribution is 2.30. The van der Waals surface area contributed by atoms with E-state index in [-0.39, 0.29) is 11.8 Å². The topological polar surface area (TPSA) is 46.9 Å². The van der Waals surface area contributed by atoms with Gasteiger partial charge in [0.05, 0.1) is 23.9 Å². The zero-order valence-corrected chi connectivity index (χ0v) is 12.8. The highest BCUT2D eigenvalue weighted by Gasteiger charge is 2.30. The SMILES string of the molecule is CC(Cn1ccnc1)C(=O)NC(C)c1cccc(C(F)(F)F)c1. The van der Waals surface area contributed by atoms with E-state index in [0.29, 0.717) is 12.1 Å². The maximum Gasteiger partial charge on any atom is 0.416 e. The molecule has 0 saturated carbocycles. The van der Waals surface area contributed by atoms with Gasteiger partial charge in [-0.15, -0.1) is 0 Å². The third kappa shape index (κ3) is 4.58. The number of carbonyl (C=O) groups is 1. The normalized spacial score (nSPS) is 14.3. The second kappa shape index (κ2) is 6.85. The molecule has 2 rings (SSSR count). The van der Waals surface area contributed by atoms with Crippen molar-refractivity contribution in [2.24, 2.45) is 5.92 Å². The third-order valence-corrected chi connectivity index (χ3v) is 3.56. The third-order valence-electron chi connectivity index (χ3n) is 3.56. The fraction of sp³-hybridized carbons (Fsp3) is 0.375. The first kappa shape index (κ1) is 17.1. The van der Waals surface area contributed by atoms with Gasteiger partial charge in [-0.05, 0) is 24.6 Å². The zero-order chi connectivity index (χ0) is 17.0. The first-order valence-electron chi connectivity index (χ1n) is 7.20. The van der Waals surface area contributed by atoms with Crippen LogP contribution in [0.2, 0.25) is 0 Å². The Morgan fingerprint density at radius 2 is 2.09 bits per heavy atom. The molecule has 0 aliphatic rings. The number of nitrogens with one attached hydrogen (secondary N) is 1. The van der Waals surface area contributed by atoms with Crippen molar-refractivity contribution in [2.75, 3.05) is 0 Å². The van der Waals surface area contributed by atoms with E-state index in [4.69, 9.17) is 0 Å². The number of halogens is 3. The number of carbonyl (C=O) groups excluding carboxylic acids is 1. The van der Waals surface area contributed by atoms with E-state index in [1.165, 1.54) is 6.07 Å². The molecule has 0 aliphatic heterocycles. The van der Waals surface area contributed by atoms with Gasteiger partial charge < -0.3 is 9.88 Å². The second-order valence-electron chi connectivity index (χ2n) is 5.51. The smallest absolute Gasteiger partial charge is 0.349 e. The number of benzene rings is 1. The Labute approximate surface area is 132 Å². The molecule has 0 spiro atoms. The molecule has 0 saturated heterocycles. The maximum atomic E-state index is 12.7. The molecule has 23 heavy (non-hydrogen) atoms. The molecular weight excluding hydrogens is 307 g/mol. The summed E-state index contributed by atoms with van der Waals surface area (Å²) in [6.45, 7) is 3.88. The second-order valence-corrected chi connectivity index (χ2v) is 5.51. The first-order chi connectivity index (χ1) is 10.8. The van der Waals surface area contributed by atoms with Crippen molar-refractivity contribution in [3.63, 3.8) is 0 Å². The minimum absolute atomic E-state index is 0.219. The molecule has 1 N–H and O–H groups in total. The lowest BCUT2D eigenvalue weighted by Gasteiger charge is -2.19. The number of imidazole rings is 1. The van der Waals surface area contributed by atoms with Crippen LogP contribution in [-0.4, -0.2) is 15.5 Å². The maximum absolute atomic E-state index is 12.7. The molecule has 0 fully saturated rings. The Kier molecular flexibility index (Phi) is 5.08. The number of nitrogens with zero attached hydrogens (tertiary/aromatic N) is 2. The van der Waals surface area contributed by atoms with E-state index in [9.17, 15) is 18.0 Å². The molecule has 7 heteroatoms. The van der Waals surface area contributed by atoms with Crippen molar-refractivity contribution in [3.05, 3.63) is 54.1 Å². The molecule has 2 aromatic rings. The summed E-state index contributed by atoms with van der Waals surface area (Å²) < 4.78 is 40.0. The number of hydrogen-bond acceptors (Lipinski definition) is 2. The number of alkyl halides is 3. The highest BCUT2D eigenvalue weighted by atomic mass is 19.4. The minimum Gasteiger partial charge on any atom is -0.349 e. The van der Waals surface area contributed by atoms with Gasteiger partial charge in [0.1, 0.15) is 0 Å². The highest BCUT2D eigenvalue weighted by molar-refractivity contribution is 5.78. The van der Waals surface area contributed by atoms with E-state index in [1.807, 2.05) is 0 Å². The molecule has 1 aromatic carbocycles. The summed E-state index contributed by atoms with van der Waals surface area (Å²) in [6, 6.07) is 4.48. The molecule has 1 amide bonds. The zero-order valence-electron chi connectivity index (χ0n) is 12.8. The number of hydrogen-bond donors (Lipinski definition) is 1. The molecule has 4 nitrogen and oxygen atoms in total. The van der Waals surface area contributed by atoms with Crippen LogP contribution in [0.4, 0.5) is 13.2 Å². The van der Waals surface area contributed by atoms with Gasteiger partial charge in [0, 0.05) is 18.9 Å². The molecule has 1 heterocycles. The van der Waals surface area contributed by atoms with Crippen LogP contribution < -0.4 is 5.32 Å².